The van der Waals surface area contributed by atoms with Crippen molar-refractivity contribution in [2.75, 3.05) is 6.54 Å². The van der Waals surface area contributed by atoms with Crippen molar-refractivity contribution in [3.05, 3.63) is 35.0 Å². The molecular formula is C23H30ClFN2O. The summed E-state index contributed by atoms with van der Waals surface area (Å²) in [5.74, 6) is 0.604. The van der Waals surface area contributed by atoms with E-state index in [0.29, 0.717) is 30.2 Å². The Kier molecular flexibility index (Phi) is 5.30. The molecule has 0 bridgehead atoms. The highest BCUT2D eigenvalue weighted by atomic mass is 35.5. The van der Waals surface area contributed by atoms with Gasteiger partial charge in [-0.25, -0.2) is 4.39 Å². The molecule has 1 saturated heterocycles. The second-order valence-electron chi connectivity index (χ2n) is 9.36. The fourth-order valence-electron chi connectivity index (χ4n) is 4.75. The number of alkyl halides is 1. The third-order valence-electron chi connectivity index (χ3n) is 6.83. The summed E-state index contributed by atoms with van der Waals surface area (Å²) in [6, 6.07) is 5.85. The van der Waals surface area contributed by atoms with E-state index >= 15 is 0 Å². The van der Waals surface area contributed by atoms with E-state index in [4.69, 9.17) is 11.6 Å². The van der Waals surface area contributed by atoms with Crippen LogP contribution in [0.5, 0.6) is 0 Å². The first-order chi connectivity index (χ1) is 13.3. The summed E-state index contributed by atoms with van der Waals surface area (Å²) in [7, 11) is 0. The summed E-state index contributed by atoms with van der Waals surface area (Å²) in [6.07, 6.45) is 7.46. The van der Waals surface area contributed by atoms with Crippen LogP contribution >= 0.6 is 11.6 Å². The zero-order valence-corrected chi connectivity index (χ0v) is 17.6. The molecule has 2 aromatic rings. The van der Waals surface area contributed by atoms with Crippen LogP contribution < -0.4 is 5.32 Å². The minimum Gasteiger partial charge on any atom is -0.345 e. The molecule has 2 aliphatic rings. The monoisotopic (exact) mass is 404 g/mol. The third-order valence-corrected chi connectivity index (χ3v) is 7.15. The van der Waals surface area contributed by atoms with Crippen LogP contribution in [0.3, 0.4) is 0 Å². The Labute approximate surface area is 171 Å². The van der Waals surface area contributed by atoms with Gasteiger partial charge in [0, 0.05) is 35.7 Å². The van der Waals surface area contributed by atoms with E-state index in [9.17, 15) is 9.18 Å². The van der Waals surface area contributed by atoms with E-state index in [1.165, 1.54) is 0 Å². The van der Waals surface area contributed by atoms with Crippen LogP contribution in [0.2, 0.25) is 5.02 Å². The maximum absolute atomic E-state index is 14.0. The lowest BCUT2D eigenvalue weighted by molar-refractivity contribution is 0.0905. The molecule has 2 fully saturated rings. The summed E-state index contributed by atoms with van der Waals surface area (Å²) in [6.45, 7) is 5.79. The molecule has 1 atom stereocenters. The van der Waals surface area contributed by atoms with Crippen LogP contribution in [0.15, 0.2) is 24.4 Å². The third kappa shape index (κ3) is 3.99. The van der Waals surface area contributed by atoms with Crippen LogP contribution in [0.25, 0.3) is 10.9 Å². The molecule has 152 valence electrons. The Morgan fingerprint density at radius 3 is 2.64 bits per heavy atom. The number of rotatable bonds is 6. The van der Waals surface area contributed by atoms with Crippen LogP contribution in [0, 0.1) is 5.92 Å². The van der Waals surface area contributed by atoms with Gasteiger partial charge in [0.25, 0.3) is 0 Å². The van der Waals surface area contributed by atoms with Gasteiger partial charge in [0.2, 0.25) is 0 Å². The number of carbonyl (C=O) groups excluding carboxylic acids is 1. The molecule has 2 heterocycles. The number of benzene rings is 1. The van der Waals surface area contributed by atoms with Crippen molar-refractivity contribution in [1.29, 1.82) is 0 Å². The second kappa shape index (κ2) is 7.46. The Morgan fingerprint density at radius 1 is 1.29 bits per heavy atom. The fraction of sp³-hybridized carbons (Fsp3) is 0.609. The lowest BCUT2D eigenvalue weighted by atomic mass is 9.79. The second-order valence-corrected chi connectivity index (χ2v) is 9.77. The van der Waals surface area contributed by atoms with Gasteiger partial charge in [-0.1, -0.05) is 17.7 Å². The van der Waals surface area contributed by atoms with Gasteiger partial charge < -0.3 is 9.88 Å². The number of nitrogens with zero attached hydrogens (tertiary/aromatic N) is 1. The lowest BCUT2D eigenvalue weighted by Crippen LogP contribution is -2.57. The molecule has 28 heavy (non-hydrogen) atoms. The van der Waals surface area contributed by atoms with Crippen LogP contribution in [-0.2, 0) is 6.54 Å². The molecule has 1 aromatic carbocycles. The van der Waals surface area contributed by atoms with Gasteiger partial charge in [-0.3, -0.25) is 4.79 Å². The highest BCUT2D eigenvalue weighted by Crippen LogP contribution is 2.37. The number of aromatic nitrogens is 1. The van der Waals surface area contributed by atoms with Crippen molar-refractivity contribution in [3.8, 4) is 0 Å². The number of fused-ring (bicyclic) bond motifs is 1. The van der Waals surface area contributed by atoms with Gasteiger partial charge in [0.1, 0.15) is 5.67 Å². The molecule has 1 saturated carbocycles. The number of Topliss-reactive ketones (excluding diaryl/α,β-unsaturated/α-hetero) is 1. The fourth-order valence-corrected chi connectivity index (χ4v) is 5.02. The first-order valence-corrected chi connectivity index (χ1v) is 10.9. The Morgan fingerprint density at radius 2 is 2.00 bits per heavy atom. The van der Waals surface area contributed by atoms with E-state index in [0.717, 1.165) is 55.2 Å². The van der Waals surface area contributed by atoms with Gasteiger partial charge in [0.15, 0.2) is 5.78 Å². The molecule has 1 N–H and O–H groups in total. The standard InChI is InChI=1S/C23H30ClFN2O/c1-22(25)10-8-16(9-11-22)6-7-20(28)17-14-27(15-23(2)12-13-26-23)19-5-3-4-18(24)21(17)19/h3-5,14,16,26H,6-13,15H2,1-2H3. The highest BCUT2D eigenvalue weighted by molar-refractivity contribution is 6.37. The number of nitrogens with one attached hydrogen (secondary N) is 1. The van der Waals surface area contributed by atoms with E-state index in [2.05, 4.69) is 16.8 Å². The summed E-state index contributed by atoms with van der Waals surface area (Å²) in [5.41, 5.74) is 0.814. The van der Waals surface area contributed by atoms with Crippen molar-refractivity contribution in [2.45, 2.75) is 76.5 Å². The first-order valence-electron chi connectivity index (χ1n) is 10.5. The predicted molar refractivity (Wildman–Crippen MR) is 113 cm³/mol. The smallest absolute Gasteiger partial charge is 0.165 e. The number of hydrogen-bond donors (Lipinski definition) is 1. The van der Waals surface area contributed by atoms with Gasteiger partial charge in [-0.15, -0.1) is 0 Å². The summed E-state index contributed by atoms with van der Waals surface area (Å²) in [4.78, 5) is 13.1. The van der Waals surface area contributed by atoms with Crippen molar-refractivity contribution >= 4 is 28.3 Å². The Balaban J connectivity index is 1.52. The predicted octanol–water partition coefficient (Wildman–Crippen LogP) is 5.93. The molecule has 0 amide bonds. The van der Waals surface area contributed by atoms with Gasteiger partial charge in [0.05, 0.1) is 10.5 Å². The highest BCUT2D eigenvalue weighted by Gasteiger charge is 2.33. The molecule has 1 aliphatic carbocycles. The summed E-state index contributed by atoms with van der Waals surface area (Å²) < 4.78 is 16.2. The lowest BCUT2D eigenvalue weighted by Gasteiger charge is -2.40. The zero-order chi connectivity index (χ0) is 19.9. The molecule has 3 nitrogen and oxygen atoms in total. The van der Waals surface area contributed by atoms with Crippen molar-refractivity contribution < 1.29 is 9.18 Å². The zero-order valence-electron chi connectivity index (χ0n) is 16.9. The maximum atomic E-state index is 14.0. The summed E-state index contributed by atoms with van der Waals surface area (Å²) in [5, 5.41) is 5.00. The average molecular weight is 405 g/mol. The van der Waals surface area contributed by atoms with Crippen LogP contribution in [0.1, 0.15) is 69.2 Å². The van der Waals surface area contributed by atoms with E-state index in [1.807, 2.05) is 24.4 Å². The van der Waals surface area contributed by atoms with Gasteiger partial charge in [-0.2, -0.15) is 0 Å². The molecule has 5 heteroatoms. The van der Waals surface area contributed by atoms with Gasteiger partial charge >= 0.3 is 0 Å². The normalized spacial score (nSPS) is 30.4. The van der Waals surface area contributed by atoms with Crippen LogP contribution in [0.4, 0.5) is 4.39 Å². The maximum Gasteiger partial charge on any atom is 0.165 e. The van der Waals surface area contributed by atoms with E-state index in [-0.39, 0.29) is 11.3 Å². The van der Waals surface area contributed by atoms with E-state index < -0.39 is 5.67 Å². The molecule has 1 aliphatic heterocycles. The van der Waals surface area contributed by atoms with Crippen molar-refractivity contribution in [3.63, 3.8) is 0 Å². The molecule has 4 rings (SSSR count). The Bertz CT molecular complexity index is 874. The quantitative estimate of drug-likeness (QED) is 0.605. The topological polar surface area (TPSA) is 34.0 Å². The molecule has 1 unspecified atom stereocenters. The molecule has 1 aromatic heterocycles. The number of ketones is 1. The Hall–Kier alpha value is -1.39. The SMILES string of the molecule is CC1(F)CCC(CCC(=O)c2cn(CC3(C)CCN3)c3cccc(Cl)c23)CC1. The summed E-state index contributed by atoms with van der Waals surface area (Å²) >= 11 is 6.50. The minimum absolute atomic E-state index is 0.0791. The first kappa shape index (κ1) is 19.9. The van der Waals surface area contributed by atoms with Gasteiger partial charge in [-0.05, 0) is 77.0 Å². The largest absolute Gasteiger partial charge is 0.345 e. The average Bonchev–Trinajstić information content (AvgIpc) is 2.99. The minimum atomic E-state index is -1.02. The number of halogens is 2. The molecule has 0 spiro atoms. The van der Waals surface area contributed by atoms with Crippen molar-refractivity contribution in [2.24, 2.45) is 5.92 Å². The molecular weight excluding hydrogens is 375 g/mol. The van der Waals surface area contributed by atoms with E-state index in [1.54, 1.807) is 6.92 Å². The number of carbonyl (C=O) groups is 1. The number of hydrogen-bond acceptors (Lipinski definition) is 2. The molecule has 0 radical (unpaired) electrons. The van der Waals surface area contributed by atoms with Crippen molar-refractivity contribution in [1.82, 2.24) is 9.88 Å². The van der Waals surface area contributed by atoms with Crippen LogP contribution in [-0.4, -0.2) is 28.1 Å².